The Hall–Kier alpha value is -1.10. The Balaban J connectivity index is 2.47. The van der Waals surface area contributed by atoms with E-state index < -0.39 is 6.10 Å². The van der Waals surface area contributed by atoms with Crippen LogP contribution in [0.25, 0.3) is 0 Å². The molecular weight excluding hydrogens is 278 g/mol. The van der Waals surface area contributed by atoms with Crippen molar-refractivity contribution >= 4 is 17.5 Å². The van der Waals surface area contributed by atoms with E-state index in [0.717, 1.165) is 5.56 Å². The number of aliphatic hydroxyl groups excluding tert-OH is 1. The third kappa shape index (κ3) is 5.49. The van der Waals surface area contributed by atoms with Crippen molar-refractivity contribution in [1.29, 1.82) is 0 Å². The average molecular weight is 300 g/mol. The molecule has 0 saturated carbocycles. The molecule has 0 aromatic heterocycles. The maximum Gasteiger partial charge on any atom is 0.248 e. The molecule has 0 radical (unpaired) electrons. The maximum absolute atomic E-state index is 12.1. The van der Waals surface area contributed by atoms with E-state index in [2.05, 4.69) is 0 Å². The number of benzene rings is 1. The van der Waals surface area contributed by atoms with Gasteiger partial charge in [0.05, 0.1) is 12.7 Å². The molecule has 0 spiro atoms. The van der Waals surface area contributed by atoms with Gasteiger partial charge in [-0.2, -0.15) is 0 Å². The van der Waals surface area contributed by atoms with Gasteiger partial charge >= 0.3 is 0 Å². The number of carbonyl (C=O) groups excluding carboxylic acids is 1. The van der Waals surface area contributed by atoms with Gasteiger partial charge in [0.25, 0.3) is 0 Å². The number of hydrogen-bond acceptors (Lipinski definition) is 3. The molecule has 112 valence electrons. The van der Waals surface area contributed by atoms with Gasteiger partial charge in [0, 0.05) is 17.6 Å². The van der Waals surface area contributed by atoms with Crippen LogP contribution in [0.3, 0.4) is 0 Å². The molecule has 1 aromatic rings. The summed E-state index contributed by atoms with van der Waals surface area (Å²) in [6.07, 6.45) is -0.551. The molecule has 1 amide bonds. The van der Waals surface area contributed by atoms with Crippen LogP contribution in [0.15, 0.2) is 24.3 Å². The number of carbonyl (C=O) groups is 1. The predicted molar refractivity (Wildman–Crippen MR) is 79.6 cm³/mol. The summed E-state index contributed by atoms with van der Waals surface area (Å²) in [4.78, 5) is 13.7. The van der Waals surface area contributed by atoms with Gasteiger partial charge in [-0.15, -0.1) is 0 Å². The highest BCUT2D eigenvalue weighted by Gasteiger charge is 2.18. The van der Waals surface area contributed by atoms with Gasteiger partial charge in [-0.05, 0) is 32.4 Å². The Morgan fingerprint density at radius 3 is 2.55 bits per heavy atom. The van der Waals surface area contributed by atoms with Crippen LogP contribution in [-0.2, 0) is 16.1 Å². The Labute approximate surface area is 125 Å². The van der Waals surface area contributed by atoms with Gasteiger partial charge < -0.3 is 14.7 Å². The zero-order valence-electron chi connectivity index (χ0n) is 12.2. The first-order valence-corrected chi connectivity index (χ1v) is 7.08. The van der Waals surface area contributed by atoms with Gasteiger partial charge in [0.1, 0.15) is 6.61 Å². The van der Waals surface area contributed by atoms with Gasteiger partial charge in [-0.1, -0.05) is 29.8 Å². The van der Waals surface area contributed by atoms with Crippen LogP contribution >= 0.6 is 11.6 Å². The first-order chi connectivity index (χ1) is 9.41. The molecule has 1 rings (SSSR count). The minimum atomic E-state index is -0.551. The number of halogens is 1. The minimum Gasteiger partial charge on any atom is -0.392 e. The monoisotopic (exact) mass is 299 g/mol. The van der Waals surface area contributed by atoms with E-state index in [4.69, 9.17) is 16.3 Å². The Morgan fingerprint density at radius 1 is 1.35 bits per heavy atom. The highest BCUT2D eigenvalue weighted by atomic mass is 35.5. The minimum absolute atomic E-state index is 0.0177. The Bertz CT molecular complexity index is 435. The van der Waals surface area contributed by atoms with Gasteiger partial charge in [0.2, 0.25) is 5.91 Å². The molecule has 0 aliphatic heterocycles. The second-order valence-electron chi connectivity index (χ2n) is 5.07. The summed E-state index contributed by atoms with van der Waals surface area (Å²) in [5, 5.41) is 10.0. The van der Waals surface area contributed by atoms with Crippen LogP contribution in [0.2, 0.25) is 5.02 Å². The molecule has 0 aliphatic rings. The van der Waals surface area contributed by atoms with Crippen LogP contribution in [0.1, 0.15) is 26.3 Å². The molecule has 0 heterocycles. The number of aliphatic hydroxyl groups is 1. The van der Waals surface area contributed by atoms with E-state index >= 15 is 0 Å². The predicted octanol–water partition coefficient (Wildman–Crippen LogP) is 2.47. The lowest BCUT2D eigenvalue weighted by Gasteiger charge is -2.27. The van der Waals surface area contributed by atoms with Gasteiger partial charge in [-0.3, -0.25) is 4.79 Å². The van der Waals surface area contributed by atoms with E-state index in [9.17, 15) is 9.90 Å². The van der Waals surface area contributed by atoms with Crippen LogP contribution in [0.5, 0.6) is 0 Å². The van der Waals surface area contributed by atoms with E-state index in [-0.39, 0.29) is 18.6 Å². The molecule has 0 saturated heterocycles. The molecular formula is C15H22ClNO3. The molecule has 1 aromatic carbocycles. The third-order valence-corrected chi connectivity index (χ3v) is 3.21. The summed E-state index contributed by atoms with van der Waals surface area (Å²) in [7, 11) is 0. The number of hydrogen-bond donors (Lipinski definition) is 1. The molecule has 4 nitrogen and oxygen atoms in total. The SMILES string of the molecule is CC(O)CN(C(=O)COCc1ccccc1Cl)C(C)C. The molecule has 20 heavy (non-hydrogen) atoms. The number of rotatable bonds is 7. The van der Waals surface area contributed by atoms with Crippen LogP contribution < -0.4 is 0 Å². The Morgan fingerprint density at radius 2 is 2.00 bits per heavy atom. The van der Waals surface area contributed by atoms with E-state index in [1.807, 2.05) is 32.0 Å². The molecule has 0 aliphatic carbocycles. The molecule has 1 atom stereocenters. The van der Waals surface area contributed by atoms with Crippen molar-refractivity contribution in [2.45, 2.75) is 39.5 Å². The van der Waals surface area contributed by atoms with Crippen molar-refractivity contribution in [3.8, 4) is 0 Å². The third-order valence-electron chi connectivity index (χ3n) is 2.85. The summed E-state index contributed by atoms with van der Waals surface area (Å²) in [5.74, 6) is -0.132. The lowest BCUT2D eigenvalue weighted by atomic mass is 10.2. The lowest BCUT2D eigenvalue weighted by molar-refractivity contribution is -0.139. The van der Waals surface area contributed by atoms with E-state index in [1.165, 1.54) is 0 Å². The standard InChI is InChI=1S/C15H22ClNO3/c1-11(2)17(8-12(3)18)15(19)10-20-9-13-6-4-5-7-14(13)16/h4-7,11-12,18H,8-10H2,1-3H3. The number of ether oxygens (including phenoxy) is 1. The van der Waals surface area contributed by atoms with Crippen LogP contribution in [0.4, 0.5) is 0 Å². The van der Waals surface area contributed by atoms with Crippen molar-refractivity contribution < 1.29 is 14.6 Å². The quantitative estimate of drug-likeness (QED) is 0.841. The first kappa shape index (κ1) is 17.0. The number of nitrogens with zero attached hydrogens (tertiary/aromatic N) is 1. The second kappa shape index (κ2) is 8.25. The zero-order chi connectivity index (χ0) is 15.1. The van der Waals surface area contributed by atoms with Crippen molar-refractivity contribution in [3.05, 3.63) is 34.9 Å². The molecule has 0 bridgehead atoms. The fraction of sp³-hybridized carbons (Fsp3) is 0.533. The zero-order valence-corrected chi connectivity index (χ0v) is 12.9. The lowest BCUT2D eigenvalue weighted by Crippen LogP contribution is -2.43. The van der Waals surface area contributed by atoms with Crippen molar-refractivity contribution in [3.63, 3.8) is 0 Å². The number of amides is 1. The average Bonchev–Trinajstić information content (AvgIpc) is 2.37. The Kier molecular flexibility index (Phi) is 6.99. The van der Waals surface area contributed by atoms with E-state index in [1.54, 1.807) is 17.9 Å². The summed E-state index contributed by atoms with van der Waals surface area (Å²) >= 11 is 6.01. The summed E-state index contributed by atoms with van der Waals surface area (Å²) in [6, 6.07) is 7.40. The topological polar surface area (TPSA) is 49.8 Å². The highest BCUT2D eigenvalue weighted by molar-refractivity contribution is 6.31. The van der Waals surface area contributed by atoms with Gasteiger partial charge in [0.15, 0.2) is 0 Å². The largest absolute Gasteiger partial charge is 0.392 e. The fourth-order valence-corrected chi connectivity index (χ4v) is 2.02. The van der Waals surface area contributed by atoms with Crippen molar-refractivity contribution in [1.82, 2.24) is 4.90 Å². The summed E-state index contributed by atoms with van der Waals surface area (Å²) in [5.41, 5.74) is 0.855. The first-order valence-electron chi connectivity index (χ1n) is 6.70. The van der Waals surface area contributed by atoms with E-state index in [0.29, 0.717) is 18.2 Å². The maximum atomic E-state index is 12.1. The fourth-order valence-electron chi connectivity index (χ4n) is 1.83. The van der Waals surface area contributed by atoms with Crippen molar-refractivity contribution in [2.24, 2.45) is 0 Å². The summed E-state index contributed by atoms with van der Waals surface area (Å²) in [6.45, 7) is 6.07. The molecule has 0 fully saturated rings. The normalized spacial score (nSPS) is 12.5. The van der Waals surface area contributed by atoms with Gasteiger partial charge in [-0.25, -0.2) is 0 Å². The molecule has 1 N–H and O–H groups in total. The second-order valence-corrected chi connectivity index (χ2v) is 5.48. The smallest absolute Gasteiger partial charge is 0.248 e. The van der Waals surface area contributed by atoms with Crippen LogP contribution in [-0.4, -0.2) is 41.2 Å². The molecule has 1 unspecified atom stereocenters. The van der Waals surface area contributed by atoms with Crippen molar-refractivity contribution in [2.75, 3.05) is 13.2 Å². The summed E-state index contributed by atoms with van der Waals surface area (Å²) < 4.78 is 5.42. The van der Waals surface area contributed by atoms with Crippen LogP contribution in [0, 0.1) is 0 Å². The molecule has 5 heteroatoms. The highest BCUT2D eigenvalue weighted by Crippen LogP contribution is 2.15.